The second-order valence-electron chi connectivity index (χ2n) is 3.63. The SMILES string of the molecule is CCOc1nc2cc(C)ccc2cc1C=O. The number of hydrogen-bond donors (Lipinski definition) is 0. The molecule has 0 aliphatic heterocycles. The molecule has 0 N–H and O–H groups in total. The summed E-state index contributed by atoms with van der Waals surface area (Å²) in [6.07, 6.45) is 0.775. The Morgan fingerprint density at radius 1 is 1.38 bits per heavy atom. The lowest BCUT2D eigenvalue weighted by atomic mass is 10.1. The first-order valence-electron chi connectivity index (χ1n) is 5.24. The molecule has 0 bridgehead atoms. The van der Waals surface area contributed by atoms with Gasteiger partial charge in [-0.3, -0.25) is 4.79 Å². The molecule has 0 aliphatic rings. The van der Waals surface area contributed by atoms with Crippen molar-refractivity contribution in [3.05, 3.63) is 35.4 Å². The standard InChI is InChI=1S/C13H13NO2/c1-3-16-13-11(8-15)7-10-5-4-9(2)6-12(10)14-13/h4-8H,3H2,1-2H3. The van der Waals surface area contributed by atoms with E-state index >= 15 is 0 Å². The van der Waals surface area contributed by atoms with Gasteiger partial charge in [0.05, 0.1) is 17.7 Å². The molecule has 0 fully saturated rings. The van der Waals surface area contributed by atoms with E-state index in [9.17, 15) is 4.79 Å². The minimum absolute atomic E-state index is 0.413. The number of pyridine rings is 1. The van der Waals surface area contributed by atoms with E-state index in [1.165, 1.54) is 0 Å². The van der Waals surface area contributed by atoms with Crippen LogP contribution in [0.4, 0.5) is 0 Å². The van der Waals surface area contributed by atoms with Crippen LogP contribution in [-0.2, 0) is 0 Å². The molecule has 1 aromatic carbocycles. The summed E-state index contributed by atoms with van der Waals surface area (Å²) in [4.78, 5) is 15.2. The fraction of sp³-hybridized carbons (Fsp3) is 0.231. The predicted molar refractivity (Wildman–Crippen MR) is 63.0 cm³/mol. The summed E-state index contributed by atoms with van der Waals surface area (Å²) in [6.45, 7) is 4.39. The maximum Gasteiger partial charge on any atom is 0.224 e. The molecule has 1 aromatic heterocycles. The van der Waals surface area contributed by atoms with Crippen LogP contribution in [0.3, 0.4) is 0 Å². The van der Waals surface area contributed by atoms with Crippen molar-refractivity contribution in [1.29, 1.82) is 0 Å². The van der Waals surface area contributed by atoms with Gasteiger partial charge in [0.25, 0.3) is 0 Å². The Morgan fingerprint density at radius 2 is 2.19 bits per heavy atom. The number of hydrogen-bond acceptors (Lipinski definition) is 3. The molecule has 3 nitrogen and oxygen atoms in total. The smallest absolute Gasteiger partial charge is 0.224 e. The van der Waals surface area contributed by atoms with Gasteiger partial charge in [0.15, 0.2) is 6.29 Å². The Balaban J connectivity index is 2.65. The van der Waals surface area contributed by atoms with Crippen LogP contribution in [0.5, 0.6) is 5.88 Å². The van der Waals surface area contributed by atoms with Gasteiger partial charge in [-0.2, -0.15) is 0 Å². The minimum atomic E-state index is 0.413. The molecule has 0 amide bonds. The topological polar surface area (TPSA) is 39.2 Å². The van der Waals surface area contributed by atoms with E-state index < -0.39 is 0 Å². The van der Waals surface area contributed by atoms with Gasteiger partial charge in [0.1, 0.15) is 0 Å². The Kier molecular flexibility index (Phi) is 2.86. The lowest BCUT2D eigenvalue weighted by Gasteiger charge is -2.07. The average molecular weight is 215 g/mol. The van der Waals surface area contributed by atoms with Crippen molar-refractivity contribution < 1.29 is 9.53 Å². The molecule has 1 heterocycles. The molecular weight excluding hydrogens is 202 g/mol. The highest BCUT2D eigenvalue weighted by molar-refractivity contribution is 5.88. The van der Waals surface area contributed by atoms with Crippen LogP contribution in [0.1, 0.15) is 22.8 Å². The van der Waals surface area contributed by atoms with Gasteiger partial charge in [0, 0.05) is 5.39 Å². The van der Waals surface area contributed by atoms with Crippen molar-refractivity contribution >= 4 is 17.2 Å². The normalized spacial score (nSPS) is 10.4. The molecule has 2 aromatic rings. The van der Waals surface area contributed by atoms with Crippen molar-refractivity contribution in [1.82, 2.24) is 4.98 Å². The third kappa shape index (κ3) is 1.89. The number of carbonyl (C=O) groups is 1. The molecule has 16 heavy (non-hydrogen) atoms. The molecule has 0 atom stereocenters. The molecule has 2 rings (SSSR count). The molecule has 0 unspecified atom stereocenters. The zero-order chi connectivity index (χ0) is 11.5. The first-order valence-corrected chi connectivity index (χ1v) is 5.24. The van der Waals surface area contributed by atoms with Gasteiger partial charge in [-0.15, -0.1) is 0 Å². The largest absolute Gasteiger partial charge is 0.477 e. The Bertz CT molecular complexity index is 535. The summed E-state index contributed by atoms with van der Waals surface area (Å²) < 4.78 is 5.33. The third-order valence-electron chi connectivity index (χ3n) is 2.37. The first kappa shape index (κ1) is 10.6. The number of fused-ring (bicyclic) bond motifs is 1. The van der Waals surface area contributed by atoms with E-state index in [0.29, 0.717) is 18.1 Å². The summed E-state index contributed by atoms with van der Waals surface area (Å²) in [5.41, 5.74) is 2.49. The van der Waals surface area contributed by atoms with Gasteiger partial charge in [-0.25, -0.2) is 4.98 Å². The summed E-state index contributed by atoms with van der Waals surface area (Å²) in [7, 11) is 0. The zero-order valence-corrected chi connectivity index (χ0v) is 9.36. The van der Waals surface area contributed by atoms with Gasteiger partial charge < -0.3 is 4.74 Å². The molecule has 0 radical (unpaired) electrons. The summed E-state index contributed by atoms with van der Waals surface area (Å²) in [6, 6.07) is 7.74. The van der Waals surface area contributed by atoms with Gasteiger partial charge in [-0.1, -0.05) is 12.1 Å². The van der Waals surface area contributed by atoms with Crippen LogP contribution < -0.4 is 4.74 Å². The highest BCUT2D eigenvalue weighted by atomic mass is 16.5. The molecule has 3 heteroatoms. The number of aromatic nitrogens is 1. The Morgan fingerprint density at radius 3 is 2.88 bits per heavy atom. The average Bonchev–Trinajstić information content (AvgIpc) is 2.28. The number of aldehydes is 1. The lowest BCUT2D eigenvalue weighted by Crippen LogP contribution is -1.99. The van der Waals surface area contributed by atoms with Crippen LogP contribution in [0.15, 0.2) is 24.3 Å². The maximum absolute atomic E-state index is 10.9. The van der Waals surface area contributed by atoms with E-state index in [2.05, 4.69) is 4.98 Å². The van der Waals surface area contributed by atoms with Crippen molar-refractivity contribution in [2.75, 3.05) is 6.61 Å². The zero-order valence-electron chi connectivity index (χ0n) is 9.36. The highest BCUT2D eigenvalue weighted by Gasteiger charge is 2.06. The third-order valence-corrected chi connectivity index (χ3v) is 2.37. The van der Waals surface area contributed by atoms with E-state index in [1.807, 2.05) is 32.0 Å². The first-order chi connectivity index (χ1) is 7.74. The second-order valence-corrected chi connectivity index (χ2v) is 3.63. The monoisotopic (exact) mass is 215 g/mol. The molecule has 0 aliphatic carbocycles. The quantitative estimate of drug-likeness (QED) is 0.739. The van der Waals surface area contributed by atoms with Crippen molar-refractivity contribution in [2.45, 2.75) is 13.8 Å². The van der Waals surface area contributed by atoms with E-state index in [1.54, 1.807) is 6.07 Å². The van der Waals surface area contributed by atoms with Gasteiger partial charge >= 0.3 is 0 Å². The molecule has 0 saturated heterocycles. The van der Waals surface area contributed by atoms with Crippen molar-refractivity contribution in [3.8, 4) is 5.88 Å². The number of rotatable bonds is 3. The highest BCUT2D eigenvalue weighted by Crippen LogP contribution is 2.21. The Labute approximate surface area is 94.1 Å². The molecule has 0 spiro atoms. The molecule has 82 valence electrons. The lowest BCUT2D eigenvalue weighted by molar-refractivity contribution is 0.111. The van der Waals surface area contributed by atoms with E-state index in [4.69, 9.17) is 4.74 Å². The molecular formula is C13H13NO2. The number of nitrogens with zero attached hydrogens (tertiary/aromatic N) is 1. The maximum atomic E-state index is 10.9. The number of aryl methyl sites for hydroxylation is 1. The van der Waals surface area contributed by atoms with Crippen LogP contribution in [0.2, 0.25) is 0 Å². The van der Waals surface area contributed by atoms with E-state index in [-0.39, 0.29) is 0 Å². The van der Waals surface area contributed by atoms with Crippen LogP contribution in [0.25, 0.3) is 10.9 Å². The summed E-state index contributed by atoms with van der Waals surface area (Å²) in [5.74, 6) is 0.413. The predicted octanol–water partition coefficient (Wildman–Crippen LogP) is 2.75. The van der Waals surface area contributed by atoms with E-state index in [0.717, 1.165) is 22.8 Å². The van der Waals surface area contributed by atoms with Crippen LogP contribution in [0, 0.1) is 6.92 Å². The van der Waals surface area contributed by atoms with Crippen LogP contribution >= 0.6 is 0 Å². The summed E-state index contributed by atoms with van der Waals surface area (Å²) >= 11 is 0. The molecule has 0 saturated carbocycles. The minimum Gasteiger partial charge on any atom is -0.477 e. The number of carbonyl (C=O) groups excluding carboxylic acids is 1. The van der Waals surface area contributed by atoms with Crippen molar-refractivity contribution in [3.63, 3.8) is 0 Å². The number of benzene rings is 1. The fourth-order valence-corrected chi connectivity index (χ4v) is 1.61. The van der Waals surface area contributed by atoms with Crippen molar-refractivity contribution in [2.24, 2.45) is 0 Å². The fourth-order valence-electron chi connectivity index (χ4n) is 1.61. The Hall–Kier alpha value is -1.90. The summed E-state index contributed by atoms with van der Waals surface area (Å²) in [5, 5.41) is 0.955. The van der Waals surface area contributed by atoms with Crippen LogP contribution in [-0.4, -0.2) is 17.9 Å². The second kappa shape index (κ2) is 4.31. The van der Waals surface area contributed by atoms with Gasteiger partial charge in [-0.05, 0) is 31.5 Å². The van der Waals surface area contributed by atoms with Gasteiger partial charge in [0.2, 0.25) is 5.88 Å². The number of ether oxygens (including phenoxy) is 1.